The maximum absolute atomic E-state index is 12.6. The standard InChI is InChI=1S/C16H24N2O2.ClH/c1-3-10-20-15-8-4-6-13(11-15)16(19)18-9-5-7-14(18)12-17-2;/h4,6,8,11,14,17H,3,5,7,9-10,12H2,1-2H3;1H. The first-order chi connectivity index (χ1) is 9.76. The van der Waals surface area contributed by atoms with Crippen molar-refractivity contribution in [3.63, 3.8) is 0 Å². The number of rotatable bonds is 6. The number of carbonyl (C=O) groups is 1. The minimum atomic E-state index is 0. The minimum Gasteiger partial charge on any atom is -0.494 e. The molecule has 0 aliphatic carbocycles. The molecule has 0 spiro atoms. The molecule has 1 aromatic carbocycles. The van der Waals surface area contributed by atoms with Crippen LogP contribution in [0, 0.1) is 0 Å². The summed E-state index contributed by atoms with van der Waals surface area (Å²) in [4.78, 5) is 14.6. The lowest BCUT2D eigenvalue weighted by Gasteiger charge is -2.24. The van der Waals surface area contributed by atoms with E-state index < -0.39 is 0 Å². The first kappa shape index (κ1) is 17.8. The number of hydrogen-bond acceptors (Lipinski definition) is 3. The Hall–Kier alpha value is -1.26. The largest absolute Gasteiger partial charge is 0.494 e. The lowest BCUT2D eigenvalue weighted by atomic mass is 10.1. The molecule has 2 rings (SSSR count). The van der Waals surface area contributed by atoms with E-state index in [1.54, 1.807) is 0 Å². The number of hydrogen-bond donors (Lipinski definition) is 1. The number of carbonyl (C=O) groups excluding carboxylic acids is 1. The second kappa shape index (κ2) is 8.90. The summed E-state index contributed by atoms with van der Waals surface area (Å²) in [5.41, 5.74) is 0.724. The zero-order valence-corrected chi connectivity index (χ0v) is 13.6. The number of benzene rings is 1. The van der Waals surface area contributed by atoms with Crippen molar-refractivity contribution in [3.05, 3.63) is 29.8 Å². The molecule has 1 aliphatic heterocycles. The maximum atomic E-state index is 12.6. The predicted molar refractivity (Wildman–Crippen MR) is 87.5 cm³/mol. The highest BCUT2D eigenvalue weighted by atomic mass is 35.5. The molecule has 0 radical (unpaired) electrons. The van der Waals surface area contributed by atoms with Crippen molar-refractivity contribution in [2.75, 3.05) is 26.7 Å². The molecule has 118 valence electrons. The van der Waals surface area contributed by atoms with E-state index in [4.69, 9.17) is 4.74 Å². The van der Waals surface area contributed by atoms with Gasteiger partial charge in [0, 0.05) is 24.7 Å². The Morgan fingerprint density at radius 2 is 2.29 bits per heavy atom. The number of nitrogens with zero attached hydrogens (tertiary/aromatic N) is 1. The Bertz CT molecular complexity index is 454. The van der Waals surface area contributed by atoms with Crippen LogP contribution >= 0.6 is 12.4 Å². The van der Waals surface area contributed by atoms with Crippen LogP contribution in [0.1, 0.15) is 36.5 Å². The molecular formula is C16H25ClN2O2. The molecule has 1 atom stereocenters. The van der Waals surface area contributed by atoms with Crippen molar-refractivity contribution >= 4 is 18.3 Å². The number of halogens is 1. The van der Waals surface area contributed by atoms with Crippen molar-refractivity contribution < 1.29 is 9.53 Å². The summed E-state index contributed by atoms with van der Waals surface area (Å²) in [5, 5.41) is 3.17. The van der Waals surface area contributed by atoms with Crippen molar-refractivity contribution in [3.8, 4) is 5.75 Å². The number of nitrogens with one attached hydrogen (secondary N) is 1. The number of likely N-dealkylation sites (tertiary alicyclic amines) is 1. The average molecular weight is 313 g/mol. The van der Waals surface area contributed by atoms with E-state index in [0.717, 1.165) is 43.7 Å². The van der Waals surface area contributed by atoms with E-state index in [-0.39, 0.29) is 18.3 Å². The molecule has 21 heavy (non-hydrogen) atoms. The molecule has 0 aromatic heterocycles. The molecule has 1 unspecified atom stereocenters. The zero-order valence-electron chi connectivity index (χ0n) is 12.8. The first-order valence-electron chi connectivity index (χ1n) is 7.44. The lowest BCUT2D eigenvalue weighted by molar-refractivity contribution is 0.0736. The van der Waals surface area contributed by atoms with E-state index in [1.165, 1.54) is 0 Å². The molecule has 4 nitrogen and oxygen atoms in total. The third kappa shape index (κ3) is 4.61. The highest BCUT2D eigenvalue weighted by Crippen LogP contribution is 2.21. The van der Waals surface area contributed by atoms with Gasteiger partial charge in [-0.15, -0.1) is 12.4 Å². The third-order valence-electron chi connectivity index (χ3n) is 3.63. The van der Waals surface area contributed by atoms with Gasteiger partial charge in [-0.3, -0.25) is 4.79 Å². The summed E-state index contributed by atoms with van der Waals surface area (Å²) >= 11 is 0. The Labute approximate surface area is 133 Å². The maximum Gasteiger partial charge on any atom is 0.254 e. The third-order valence-corrected chi connectivity index (χ3v) is 3.63. The van der Waals surface area contributed by atoms with Crippen LogP contribution in [0.15, 0.2) is 24.3 Å². The van der Waals surface area contributed by atoms with Gasteiger partial charge in [0.25, 0.3) is 5.91 Å². The number of ether oxygens (including phenoxy) is 1. The Kier molecular flexibility index (Phi) is 7.54. The van der Waals surface area contributed by atoms with Crippen LogP contribution in [-0.2, 0) is 0 Å². The van der Waals surface area contributed by atoms with Crippen LogP contribution in [-0.4, -0.2) is 43.6 Å². The van der Waals surface area contributed by atoms with Gasteiger partial charge in [-0.2, -0.15) is 0 Å². The SMILES string of the molecule is CCCOc1cccc(C(=O)N2CCCC2CNC)c1.Cl. The van der Waals surface area contributed by atoms with E-state index in [1.807, 2.05) is 36.2 Å². The van der Waals surface area contributed by atoms with Gasteiger partial charge in [-0.05, 0) is 44.5 Å². The molecule has 0 saturated carbocycles. The van der Waals surface area contributed by atoms with E-state index in [0.29, 0.717) is 12.6 Å². The summed E-state index contributed by atoms with van der Waals surface area (Å²) in [6, 6.07) is 7.83. The molecule has 1 amide bonds. The number of amides is 1. The topological polar surface area (TPSA) is 41.6 Å². The smallest absolute Gasteiger partial charge is 0.254 e. The lowest BCUT2D eigenvalue weighted by Crippen LogP contribution is -2.40. The molecular weight excluding hydrogens is 288 g/mol. The van der Waals surface area contributed by atoms with Gasteiger partial charge in [0.2, 0.25) is 0 Å². The second-order valence-corrected chi connectivity index (χ2v) is 5.23. The molecule has 0 bridgehead atoms. The molecule has 1 N–H and O–H groups in total. The molecule has 1 fully saturated rings. The van der Waals surface area contributed by atoms with Crippen LogP contribution in [0.2, 0.25) is 0 Å². The van der Waals surface area contributed by atoms with Crippen molar-refractivity contribution in [2.24, 2.45) is 0 Å². The molecule has 1 aliphatic rings. The molecule has 1 aromatic rings. The van der Waals surface area contributed by atoms with Crippen molar-refractivity contribution in [2.45, 2.75) is 32.2 Å². The van der Waals surface area contributed by atoms with Gasteiger partial charge in [-0.25, -0.2) is 0 Å². The van der Waals surface area contributed by atoms with Gasteiger partial charge < -0.3 is 15.0 Å². The van der Waals surface area contributed by atoms with Crippen LogP contribution in [0.3, 0.4) is 0 Å². The van der Waals surface area contributed by atoms with Crippen LogP contribution in [0.25, 0.3) is 0 Å². The van der Waals surface area contributed by atoms with E-state index in [9.17, 15) is 4.79 Å². The fraction of sp³-hybridized carbons (Fsp3) is 0.562. The summed E-state index contributed by atoms with van der Waals surface area (Å²) in [7, 11) is 1.93. The number of likely N-dealkylation sites (N-methyl/N-ethyl adjacent to an activating group) is 1. The van der Waals surface area contributed by atoms with Crippen LogP contribution in [0.4, 0.5) is 0 Å². The summed E-state index contributed by atoms with van der Waals surface area (Å²) in [5.74, 6) is 0.895. The monoisotopic (exact) mass is 312 g/mol. The summed E-state index contributed by atoms with van der Waals surface area (Å²) in [6.45, 7) is 4.47. The molecule has 1 heterocycles. The molecule has 1 saturated heterocycles. The van der Waals surface area contributed by atoms with Gasteiger partial charge in [0.15, 0.2) is 0 Å². The average Bonchev–Trinajstić information content (AvgIpc) is 2.93. The quantitative estimate of drug-likeness (QED) is 0.878. The summed E-state index contributed by atoms with van der Waals surface area (Å²) < 4.78 is 5.60. The van der Waals surface area contributed by atoms with Gasteiger partial charge in [0.05, 0.1) is 6.61 Å². The van der Waals surface area contributed by atoms with Crippen LogP contribution < -0.4 is 10.1 Å². The Morgan fingerprint density at radius 1 is 1.48 bits per heavy atom. The van der Waals surface area contributed by atoms with Gasteiger partial charge in [-0.1, -0.05) is 13.0 Å². The minimum absolute atomic E-state index is 0. The fourth-order valence-corrected chi connectivity index (χ4v) is 2.66. The van der Waals surface area contributed by atoms with Crippen molar-refractivity contribution in [1.82, 2.24) is 10.2 Å². The van der Waals surface area contributed by atoms with E-state index >= 15 is 0 Å². The fourth-order valence-electron chi connectivity index (χ4n) is 2.66. The van der Waals surface area contributed by atoms with Gasteiger partial charge in [0.1, 0.15) is 5.75 Å². The van der Waals surface area contributed by atoms with E-state index in [2.05, 4.69) is 12.2 Å². The van der Waals surface area contributed by atoms with Crippen molar-refractivity contribution in [1.29, 1.82) is 0 Å². The first-order valence-corrected chi connectivity index (χ1v) is 7.44. The Balaban J connectivity index is 0.00000220. The highest BCUT2D eigenvalue weighted by molar-refractivity contribution is 5.95. The molecule has 5 heteroatoms. The Morgan fingerprint density at radius 3 is 3.00 bits per heavy atom. The summed E-state index contributed by atoms with van der Waals surface area (Å²) in [6.07, 6.45) is 3.14. The zero-order chi connectivity index (χ0) is 14.4. The predicted octanol–water partition coefficient (Wildman–Crippen LogP) is 2.72. The second-order valence-electron chi connectivity index (χ2n) is 5.23. The highest BCUT2D eigenvalue weighted by Gasteiger charge is 2.28. The van der Waals surface area contributed by atoms with Gasteiger partial charge >= 0.3 is 0 Å². The van der Waals surface area contributed by atoms with Crippen LogP contribution in [0.5, 0.6) is 5.75 Å². The normalized spacial score (nSPS) is 17.4.